The van der Waals surface area contributed by atoms with Crippen LogP contribution in [0.25, 0.3) is 182 Å². The molecule has 0 aliphatic heterocycles. The molecule has 3 heterocycles. The lowest BCUT2D eigenvalue weighted by Crippen LogP contribution is -2.14. The maximum absolute atomic E-state index is 7.27. The van der Waals surface area contributed by atoms with E-state index in [-0.39, 0.29) is 10.8 Å². The van der Waals surface area contributed by atoms with Crippen LogP contribution in [0.4, 0.5) is 0 Å². The Hall–Kier alpha value is -11.8. The number of para-hydroxylation sites is 4. The molecular weight excluding hydrogens is 1150 g/mol. The number of furan rings is 2. The molecule has 0 atom stereocenters. The van der Waals surface area contributed by atoms with Crippen LogP contribution in [0.5, 0.6) is 0 Å². The number of hydrogen-bond donors (Lipinski definition) is 0. The molecule has 0 bridgehead atoms. The van der Waals surface area contributed by atoms with Crippen LogP contribution in [-0.4, -0.2) is 4.57 Å². The van der Waals surface area contributed by atoms with Gasteiger partial charge in [-0.2, -0.15) is 0 Å². The van der Waals surface area contributed by atoms with Gasteiger partial charge >= 0.3 is 0 Å². The van der Waals surface area contributed by atoms with Crippen LogP contribution in [-0.2, 0) is 10.8 Å². The monoisotopic (exact) mass is 1210 g/mol. The third kappa shape index (κ3) is 7.70. The summed E-state index contributed by atoms with van der Waals surface area (Å²) < 4.78 is 17.0. The summed E-state index contributed by atoms with van der Waals surface area (Å²) in [6, 6.07) is 110. The predicted molar refractivity (Wildman–Crippen MR) is 398 cm³/mol. The van der Waals surface area contributed by atoms with Crippen molar-refractivity contribution in [2.75, 3.05) is 0 Å². The van der Waals surface area contributed by atoms with Gasteiger partial charge in [0.1, 0.15) is 22.3 Å². The molecule has 0 saturated heterocycles. The highest BCUT2D eigenvalue weighted by atomic mass is 16.3. The first-order valence-corrected chi connectivity index (χ1v) is 33.2. The molecule has 15 aromatic carbocycles. The van der Waals surface area contributed by atoms with Gasteiger partial charge in [0.15, 0.2) is 0 Å². The fourth-order valence-corrected chi connectivity index (χ4v) is 17.1. The standard InChI is InChI=1S/C92H61NO2/c1-91(2)79-36-14-12-22-65(79)67-46-40-58(52-81(67)91)63-30-18-34-75-73-32-16-28-61(87(73)94-89(63)75)56-42-48-83-77(50-56)78-51-57(62-29-17-33-74-76-35-19-31-64(90(76)95-88(62)74)59-41-47-68-66-23-13-15-37-80(66)92(3,4)82(68)53-59)43-49-84(78)93(83)60-44-38-55(39-45-60)86-71-26-10-8-24-69(71)85(54-20-6-5-7-21-54)70-25-9-11-27-72(70)86/h5-53H,1-4H3. The first-order chi connectivity index (χ1) is 46.6. The van der Waals surface area contributed by atoms with Gasteiger partial charge in [-0.25, -0.2) is 0 Å². The Morgan fingerprint density at radius 3 is 0.937 bits per heavy atom. The van der Waals surface area contributed by atoms with E-state index in [9.17, 15) is 0 Å². The molecule has 446 valence electrons. The van der Waals surface area contributed by atoms with Crippen molar-refractivity contribution in [2.45, 2.75) is 38.5 Å². The number of aromatic nitrogens is 1. The lowest BCUT2D eigenvalue weighted by Gasteiger charge is -2.22. The lowest BCUT2D eigenvalue weighted by atomic mass is 9.81. The highest BCUT2D eigenvalue weighted by Gasteiger charge is 2.37. The summed E-state index contributed by atoms with van der Waals surface area (Å²) in [6.07, 6.45) is 0. The average Bonchev–Trinajstić information content (AvgIpc) is 1.49. The van der Waals surface area contributed by atoms with Crippen LogP contribution in [0, 0.1) is 0 Å². The summed E-state index contributed by atoms with van der Waals surface area (Å²) in [4.78, 5) is 0. The van der Waals surface area contributed by atoms with Gasteiger partial charge in [0.2, 0.25) is 0 Å². The molecule has 20 rings (SSSR count). The molecule has 2 aliphatic rings. The van der Waals surface area contributed by atoms with Gasteiger partial charge in [-0.15, -0.1) is 0 Å². The van der Waals surface area contributed by atoms with E-state index in [4.69, 9.17) is 8.83 Å². The molecule has 3 heteroatoms. The van der Waals surface area contributed by atoms with E-state index in [1.165, 1.54) is 88.3 Å². The molecule has 0 amide bonds. The van der Waals surface area contributed by atoms with Crippen molar-refractivity contribution in [2.24, 2.45) is 0 Å². The van der Waals surface area contributed by atoms with E-state index in [0.717, 1.165) is 116 Å². The first kappa shape index (κ1) is 53.8. The van der Waals surface area contributed by atoms with E-state index >= 15 is 0 Å². The summed E-state index contributed by atoms with van der Waals surface area (Å²) in [5.74, 6) is 0. The molecule has 0 radical (unpaired) electrons. The zero-order valence-corrected chi connectivity index (χ0v) is 53.1. The third-order valence-electron chi connectivity index (χ3n) is 21.6. The van der Waals surface area contributed by atoms with Gasteiger partial charge in [0.05, 0.1) is 11.0 Å². The highest BCUT2D eigenvalue weighted by molar-refractivity contribution is 6.22. The van der Waals surface area contributed by atoms with Crippen LogP contribution in [0.3, 0.4) is 0 Å². The minimum absolute atomic E-state index is 0.121. The van der Waals surface area contributed by atoms with Crippen LogP contribution < -0.4 is 0 Å². The Labute approximate surface area is 550 Å². The number of rotatable bonds is 7. The molecule has 2 aliphatic carbocycles. The van der Waals surface area contributed by atoms with Crippen LogP contribution in [0.2, 0.25) is 0 Å². The van der Waals surface area contributed by atoms with Crippen molar-refractivity contribution in [3.05, 3.63) is 320 Å². The Bertz CT molecular complexity index is 5980. The van der Waals surface area contributed by atoms with E-state index in [1.807, 2.05) is 0 Å². The molecule has 0 spiro atoms. The van der Waals surface area contributed by atoms with Crippen molar-refractivity contribution in [3.8, 4) is 94.7 Å². The number of nitrogens with zero attached hydrogens (tertiary/aromatic N) is 1. The second-order valence-corrected chi connectivity index (χ2v) is 27.3. The number of hydrogen-bond acceptors (Lipinski definition) is 2. The van der Waals surface area contributed by atoms with Gasteiger partial charge in [0, 0.05) is 71.1 Å². The van der Waals surface area contributed by atoms with E-state index in [1.54, 1.807) is 0 Å². The Balaban J connectivity index is 0.755. The normalized spacial score (nSPS) is 13.6. The molecule has 0 fully saturated rings. The minimum atomic E-state index is -0.121. The van der Waals surface area contributed by atoms with Crippen LogP contribution in [0.1, 0.15) is 49.9 Å². The average molecular weight is 1210 g/mol. The van der Waals surface area contributed by atoms with Gasteiger partial charge in [0.25, 0.3) is 0 Å². The number of fused-ring (bicyclic) bond motifs is 17. The fraction of sp³-hybridized carbons (Fsp3) is 0.0652. The SMILES string of the molecule is CC1(C)c2ccccc2-c2ccc(-c3cccc4c3oc3c(-c5ccc6c(c5)c5cc(-c7cccc8c7oc7c(-c9ccc%10c(c9)C(C)(C)c9ccccc9-%10)cccc78)ccc5n6-c5ccc(-c6c7ccccc7c(-c7ccccc7)c7ccccc67)cc5)cccc34)cc21. The smallest absolute Gasteiger partial charge is 0.143 e. The second-order valence-electron chi connectivity index (χ2n) is 27.3. The quantitative estimate of drug-likeness (QED) is 0.149. The van der Waals surface area contributed by atoms with E-state index in [0.29, 0.717) is 0 Å². The van der Waals surface area contributed by atoms with Gasteiger partial charge < -0.3 is 13.4 Å². The largest absolute Gasteiger partial charge is 0.455 e. The zero-order chi connectivity index (χ0) is 63.0. The van der Waals surface area contributed by atoms with Gasteiger partial charge in [-0.1, -0.05) is 276 Å². The van der Waals surface area contributed by atoms with Crippen LogP contribution >= 0.6 is 0 Å². The zero-order valence-electron chi connectivity index (χ0n) is 53.1. The molecule has 3 nitrogen and oxygen atoms in total. The summed E-state index contributed by atoms with van der Waals surface area (Å²) >= 11 is 0. The second kappa shape index (κ2) is 19.9. The highest BCUT2D eigenvalue weighted by Crippen LogP contribution is 2.54. The molecule has 0 saturated carbocycles. The molecule has 95 heavy (non-hydrogen) atoms. The van der Waals surface area contributed by atoms with E-state index < -0.39 is 0 Å². The molecule has 18 aromatic rings. The first-order valence-electron chi connectivity index (χ1n) is 33.2. The predicted octanol–water partition coefficient (Wildman–Crippen LogP) is 25.5. The summed E-state index contributed by atoms with van der Waals surface area (Å²) in [5.41, 5.74) is 31.0. The van der Waals surface area contributed by atoms with Crippen LogP contribution in [0.15, 0.2) is 306 Å². The maximum atomic E-state index is 7.27. The Morgan fingerprint density at radius 2 is 0.526 bits per heavy atom. The molecule has 0 N–H and O–H groups in total. The summed E-state index contributed by atoms with van der Waals surface area (Å²) in [6.45, 7) is 9.40. The summed E-state index contributed by atoms with van der Waals surface area (Å²) in [7, 11) is 0. The minimum Gasteiger partial charge on any atom is -0.455 e. The summed E-state index contributed by atoms with van der Waals surface area (Å²) in [5, 5.41) is 11.7. The van der Waals surface area contributed by atoms with Crippen molar-refractivity contribution >= 4 is 87.2 Å². The van der Waals surface area contributed by atoms with E-state index in [2.05, 4.69) is 330 Å². The third-order valence-corrected chi connectivity index (χ3v) is 21.6. The molecule has 0 unspecified atom stereocenters. The van der Waals surface area contributed by atoms with Gasteiger partial charge in [-0.05, 0) is 159 Å². The van der Waals surface area contributed by atoms with Crippen molar-refractivity contribution in [3.63, 3.8) is 0 Å². The van der Waals surface area contributed by atoms with Crippen molar-refractivity contribution < 1.29 is 8.83 Å². The van der Waals surface area contributed by atoms with Crippen molar-refractivity contribution in [1.29, 1.82) is 0 Å². The number of benzene rings is 15. The fourth-order valence-electron chi connectivity index (χ4n) is 17.1. The lowest BCUT2D eigenvalue weighted by molar-refractivity contribution is 0.660. The Morgan fingerprint density at radius 1 is 0.221 bits per heavy atom. The maximum Gasteiger partial charge on any atom is 0.143 e. The molecule has 3 aromatic heterocycles. The topological polar surface area (TPSA) is 31.2 Å². The van der Waals surface area contributed by atoms with Crippen molar-refractivity contribution in [1.82, 2.24) is 4.57 Å². The Kier molecular flexibility index (Phi) is 11.3. The molecular formula is C92H61NO2. The van der Waals surface area contributed by atoms with Gasteiger partial charge in [-0.3, -0.25) is 0 Å².